The molecule has 1 N–H and O–H groups in total. The van der Waals surface area contributed by atoms with Crippen LogP contribution < -0.4 is 10.7 Å². The first-order chi connectivity index (χ1) is 11.8. The average molecular weight is 399 g/mol. The van der Waals surface area contributed by atoms with Crippen LogP contribution in [0, 0.1) is 20.8 Å². The molecule has 0 aliphatic carbocycles. The van der Waals surface area contributed by atoms with Gasteiger partial charge in [-0.2, -0.15) is 0 Å². The fourth-order valence-electron chi connectivity index (χ4n) is 3.13. The Hall–Kier alpha value is -2.40. The first-order valence-electron chi connectivity index (χ1n) is 8.01. The molecule has 0 aliphatic rings. The normalized spacial score (nSPS) is 10.9. The topological polar surface area (TPSA) is 51.1 Å². The molecule has 0 unspecified atom stereocenters. The summed E-state index contributed by atoms with van der Waals surface area (Å²) in [5.41, 5.74) is 4.78. The van der Waals surface area contributed by atoms with Gasteiger partial charge in [0.2, 0.25) is 5.91 Å². The number of nitrogens with one attached hydrogen (secondary N) is 1. The van der Waals surface area contributed by atoms with Crippen LogP contribution in [0.4, 0.5) is 5.69 Å². The molecule has 0 saturated carbocycles. The lowest BCUT2D eigenvalue weighted by Crippen LogP contribution is -2.21. The number of anilines is 1. The maximum Gasteiger partial charge on any atom is 0.244 e. The summed E-state index contributed by atoms with van der Waals surface area (Å²) in [4.78, 5) is 24.6. The summed E-state index contributed by atoms with van der Waals surface area (Å²) >= 11 is 3.42. The Morgan fingerprint density at radius 2 is 1.76 bits per heavy atom. The Kier molecular flexibility index (Phi) is 4.77. The Labute approximate surface area is 154 Å². The molecule has 0 fully saturated rings. The molecular formula is C20H19BrN2O2. The minimum absolute atomic E-state index is 0.0515. The summed E-state index contributed by atoms with van der Waals surface area (Å²) in [6, 6.07) is 11.0. The lowest BCUT2D eigenvalue weighted by atomic mass is 10.1. The van der Waals surface area contributed by atoms with Crippen molar-refractivity contribution in [1.29, 1.82) is 0 Å². The number of aryl methyl sites for hydroxylation is 3. The zero-order valence-corrected chi connectivity index (χ0v) is 16.0. The van der Waals surface area contributed by atoms with Gasteiger partial charge in [-0.3, -0.25) is 9.59 Å². The zero-order chi connectivity index (χ0) is 18.1. The van der Waals surface area contributed by atoms with Gasteiger partial charge in [-0.25, -0.2) is 0 Å². The largest absolute Gasteiger partial charge is 0.338 e. The van der Waals surface area contributed by atoms with Gasteiger partial charge in [-0.15, -0.1) is 0 Å². The molecule has 128 valence electrons. The first-order valence-corrected chi connectivity index (χ1v) is 8.81. The number of hydrogen-bond acceptors (Lipinski definition) is 2. The third kappa shape index (κ3) is 3.66. The van der Waals surface area contributed by atoms with E-state index in [0.29, 0.717) is 5.39 Å². The van der Waals surface area contributed by atoms with Crippen LogP contribution in [0.1, 0.15) is 16.7 Å². The number of rotatable bonds is 3. The molecule has 1 amide bonds. The summed E-state index contributed by atoms with van der Waals surface area (Å²) < 4.78 is 2.65. The predicted molar refractivity (Wildman–Crippen MR) is 105 cm³/mol. The lowest BCUT2D eigenvalue weighted by molar-refractivity contribution is -0.116. The molecule has 0 atom stereocenters. The standard InChI is InChI=1S/C20H19BrN2O2/c1-12-8-13(2)20(14(3)9-12)22-19(25)11-23-7-6-18(24)16-5-4-15(21)10-17(16)23/h4-10H,11H2,1-3H3,(H,22,25). The molecule has 3 aromatic rings. The monoisotopic (exact) mass is 398 g/mol. The molecule has 25 heavy (non-hydrogen) atoms. The molecule has 0 spiro atoms. The molecule has 0 radical (unpaired) electrons. The van der Waals surface area contributed by atoms with Crippen molar-refractivity contribution in [3.05, 3.63) is 74.0 Å². The maximum atomic E-state index is 12.6. The van der Waals surface area contributed by atoms with Crippen LogP contribution in [0.15, 0.2) is 51.9 Å². The zero-order valence-electron chi connectivity index (χ0n) is 14.4. The first kappa shape index (κ1) is 17.4. The van der Waals surface area contributed by atoms with Crippen molar-refractivity contribution < 1.29 is 4.79 Å². The molecule has 5 heteroatoms. The number of hydrogen-bond donors (Lipinski definition) is 1. The van der Waals surface area contributed by atoms with E-state index in [2.05, 4.69) is 33.4 Å². The molecule has 0 bridgehead atoms. The smallest absolute Gasteiger partial charge is 0.244 e. The van der Waals surface area contributed by atoms with Gasteiger partial charge >= 0.3 is 0 Å². The molecule has 2 aromatic carbocycles. The van der Waals surface area contributed by atoms with Gasteiger partial charge in [0.25, 0.3) is 0 Å². The summed E-state index contributed by atoms with van der Waals surface area (Å²) in [6.07, 6.45) is 1.66. The van der Waals surface area contributed by atoms with E-state index in [9.17, 15) is 9.59 Å². The molecule has 1 aromatic heterocycles. The van der Waals surface area contributed by atoms with Gasteiger partial charge in [-0.1, -0.05) is 33.6 Å². The lowest BCUT2D eigenvalue weighted by Gasteiger charge is -2.15. The van der Waals surface area contributed by atoms with Crippen LogP contribution in [-0.4, -0.2) is 10.5 Å². The van der Waals surface area contributed by atoms with Gasteiger partial charge in [0.15, 0.2) is 5.43 Å². The Morgan fingerprint density at radius 3 is 2.44 bits per heavy atom. The van der Waals surface area contributed by atoms with Crippen molar-refractivity contribution in [3.8, 4) is 0 Å². The van der Waals surface area contributed by atoms with Crippen LogP contribution in [0.5, 0.6) is 0 Å². The van der Waals surface area contributed by atoms with Crippen molar-refractivity contribution in [2.75, 3.05) is 5.32 Å². The number of carbonyl (C=O) groups excluding carboxylic acids is 1. The fraction of sp³-hybridized carbons (Fsp3) is 0.200. The number of halogens is 1. The minimum Gasteiger partial charge on any atom is -0.338 e. The molecule has 0 saturated heterocycles. The van der Waals surface area contributed by atoms with Gasteiger partial charge in [0, 0.05) is 27.8 Å². The Balaban J connectivity index is 1.92. The van der Waals surface area contributed by atoms with Gasteiger partial charge in [-0.05, 0) is 50.1 Å². The second-order valence-corrected chi connectivity index (χ2v) is 7.21. The molecule has 4 nitrogen and oxygen atoms in total. The molecular weight excluding hydrogens is 380 g/mol. The van der Waals surface area contributed by atoms with Crippen LogP contribution in [0.2, 0.25) is 0 Å². The maximum absolute atomic E-state index is 12.6. The van der Waals surface area contributed by atoms with Crippen LogP contribution in [0.25, 0.3) is 10.9 Å². The van der Waals surface area contributed by atoms with Crippen LogP contribution in [-0.2, 0) is 11.3 Å². The minimum atomic E-state index is -0.125. The number of benzene rings is 2. The average Bonchev–Trinajstić information content (AvgIpc) is 2.53. The molecule has 3 rings (SSSR count). The third-order valence-corrected chi connectivity index (χ3v) is 4.69. The number of aromatic nitrogens is 1. The SMILES string of the molecule is Cc1cc(C)c(NC(=O)Cn2ccc(=O)c3ccc(Br)cc32)c(C)c1. The number of pyridine rings is 1. The van der Waals surface area contributed by atoms with Crippen molar-refractivity contribution >= 4 is 38.4 Å². The van der Waals surface area contributed by atoms with E-state index >= 15 is 0 Å². The van der Waals surface area contributed by atoms with E-state index in [1.807, 2.05) is 32.9 Å². The highest BCUT2D eigenvalue weighted by atomic mass is 79.9. The number of fused-ring (bicyclic) bond motifs is 1. The summed E-state index contributed by atoms with van der Waals surface area (Å²) in [5, 5.41) is 3.60. The summed E-state index contributed by atoms with van der Waals surface area (Å²) in [5.74, 6) is -0.125. The highest BCUT2D eigenvalue weighted by molar-refractivity contribution is 9.10. The molecule has 1 heterocycles. The van der Waals surface area contributed by atoms with E-state index in [1.165, 1.54) is 11.6 Å². The van der Waals surface area contributed by atoms with E-state index in [0.717, 1.165) is 26.8 Å². The quantitative estimate of drug-likeness (QED) is 0.713. The van der Waals surface area contributed by atoms with Crippen molar-refractivity contribution in [2.45, 2.75) is 27.3 Å². The third-order valence-electron chi connectivity index (χ3n) is 4.20. The van der Waals surface area contributed by atoms with Crippen molar-refractivity contribution in [1.82, 2.24) is 4.57 Å². The van der Waals surface area contributed by atoms with Crippen molar-refractivity contribution in [3.63, 3.8) is 0 Å². The van der Waals surface area contributed by atoms with Gasteiger partial charge in [0.1, 0.15) is 6.54 Å². The second kappa shape index (κ2) is 6.84. The number of carbonyl (C=O) groups is 1. The van der Waals surface area contributed by atoms with Crippen molar-refractivity contribution in [2.24, 2.45) is 0 Å². The van der Waals surface area contributed by atoms with Gasteiger partial charge in [0.05, 0.1) is 5.52 Å². The van der Waals surface area contributed by atoms with Crippen LogP contribution >= 0.6 is 15.9 Å². The summed E-state index contributed by atoms with van der Waals surface area (Å²) in [6.45, 7) is 6.15. The van der Waals surface area contributed by atoms with E-state index < -0.39 is 0 Å². The van der Waals surface area contributed by atoms with Crippen LogP contribution in [0.3, 0.4) is 0 Å². The Bertz CT molecular complexity index is 1010. The van der Waals surface area contributed by atoms with E-state index in [1.54, 1.807) is 16.8 Å². The number of nitrogens with zero attached hydrogens (tertiary/aromatic N) is 1. The van der Waals surface area contributed by atoms with Gasteiger partial charge < -0.3 is 9.88 Å². The molecule has 0 aliphatic heterocycles. The summed E-state index contributed by atoms with van der Waals surface area (Å²) in [7, 11) is 0. The number of amides is 1. The van der Waals surface area contributed by atoms with E-state index in [4.69, 9.17) is 0 Å². The fourth-order valence-corrected chi connectivity index (χ4v) is 3.48. The Morgan fingerprint density at radius 1 is 1.08 bits per heavy atom. The highest BCUT2D eigenvalue weighted by Gasteiger charge is 2.11. The second-order valence-electron chi connectivity index (χ2n) is 6.29. The predicted octanol–water partition coefficient (Wildman–Crippen LogP) is 4.33. The van der Waals surface area contributed by atoms with E-state index in [-0.39, 0.29) is 17.9 Å². The highest BCUT2D eigenvalue weighted by Crippen LogP contribution is 2.22.